The van der Waals surface area contributed by atoms with Gasteiger partial charge in [0, 0.05) is 47.7 Å². The zero-order valence-corrected chi connectivity index (χ0v) is 16.9. The van der Waals surface area contributed by atoms with E-state index in [-0.39, 0.29) is 13.1 Å². The molecule has 2 saturated heterocycles. The summed E-state index contributed by atoms with van der Waals surface area (Å²) in [5, 5.41) is 0. The Bertz CT molecular complexity index is 692. The molecule has 2 aliphatic heterocycles. The minimum atomic E-state index is -1.13. The number of carbonyl (C=O) groups is 5. The summed E-state index contributed by atoms with van der Waals surface area (Å²) >= 11 is 0. The number of ether oxygens (including phenoxy) is 5. The summed E-state index contributed by atoms with van der Waals surface area (Å²) in [5.41, 5.74) is 0. The molecule has 0 N–H and O–H groups in total. The quantitative estimate of drug-likeness (QED) is 0.418. The van der Waals surface area contributed by atoms with Crippen LogP contribution in [-0.2, 0) is 47.7 Å². The van der Waals surface area contributed by atoms with Gasteiger partial charge in [-0.3, -0.25) is 28.9 Å². The van der Waals surface area contributed by atoms with Gasteiger partial charge in [-0.05, 0) is 0 Å². The number of hydrogen-bond acceptors (Lipinski definition) is 11. The molecular weight excluding hydrogens is 390 g/mol. The van der Waals surface area contributed by atoms with E-state index in [1.54, 1.807) is 4.90 Å². The standard InChI is InChI=1S/C18H25NO10/c1-8(20)25-13-6-19-7-14(26-9(2)21)17(28-11(4)23)18(29-12(5)24)15(19)16(13)27-10(3)22/h13-18H,6-7H2,1-5H3/t13-,14-,15-,16-,17+,18+/m0/s1. The Balaban J connectivity index is 2.46. The van der Waals surface area contributed by atoms with E-state index in [0.29, 0.717) is 0 Å². The fourth-order valence-electron chi connectivity index (χ4n) is 3.85. The largest absolute Gasteiger partial charge is 0.457 e. The number of hydrogen-bond donors (Lipinski definition) is 0. The fourth-order valence-corrected chi connectivity index (χ4v) is 3.85. The smallest absolute Gasteiger partial charge is 0.303 e. The van der Waals surface area contributed by atoms with E-state index in [0.717, 1.165) is 0 Å². The van der Waals surface area contributed by atoms with Crippen LogP contribution >= 0.6 is 0 Å². The molecule has 11 nitrogen and oxygen atoms in total. The van der Waals surface area contributed by atoms with Gasteiger partial charge in [0.25, 0.3) is 0 Å². The van der Waals surface area contributed by atoms with Gasteiger partial charge in [-0.2, -0.15) is 0 Å². The minimum absolute atomic E-state index is 0.0927. The van der Waals surface area contributed by atoms with Crippen molar-refractivity contribution in [3.63, 3.8) is 0 Å². The molecule has 11 heteroatoms. The molecule has 2 fully saturated rings. The molecule has 2 rings (SSSR count). The zero-order valence-electron chi connectivity index (χ0n) is 16.9. The first kappa shape index (κ1) is 22.6. The monoisotopic (exact) mass is 415 g/mol. The number of carbonyl (C=O) groups excluding carboxylic acids is 5. The van der Waals surface area contributed by atoms with Crippen LogP contribution in [0.5, 0.6) is 0 Å². The van der Waals surface area contributed by atoms with Crippen molar-refractivity contribution in [2.45, 2.75) is 71.2 Å². The lowest BCUT2D eigenvalue weighted by Gasteiger charge is -2.44. The van der Waals surface area contributed by atoms with Crippen molar-refractivity contribution in [1.82, 2.24) is 4.90 Å². The summed E-state index contributed by atoms with van der Waals surface area (Å²) in [5.74, 6) is -3.16. The van der Waals surface area contributed by atoms with Gasteiger partial charge < -0.3 is 23.7 Å². The summed E-state index contributed by atoms with van der Waals surface area (Å²) in [6, 6.07) is -0.775. The Morgan fingerprint density at radius 3 is 1.31 bits per heavy atom. The van der Waals surface area contributed by atoms with Gasteiger partial charge in [0.2, 0.25) is 0 Å². The van der Waals surface area contributed by atoms with E-state index >= 15 is 0 Å². The molecular formula is C18H25NO10. The number of rotatable bonds is 5. The molecule has 0 saturated carbocycles. The van der Waals surface area contributed by atoms with Gasteiger partial charge in [0.05, 0.1) is 6.04 Å². The number of esters is 5. The van der Waals surface area contributed by atoms with Crippen molar-refractivity contribution < 1.29 is 47.7 Å². The maximum Gasteiger partial charge on any atom is 0.303 e. The Hall–Kier alpha value is -2.69. The molecule has 0 unspecified atom stereocenters. The number of nitrogens with zero attached hydrogens (tertiary/aromatic N) is 1. The van der Waals surface area contributed by atoms with Gasteiger partial charge in [0.1, 0.15) is 0 Å². The van der Waals surface area contributed by atoms with Crippen LogP contribution in [-0.4, -0.2) is 84.4 Å². The highest BCUT2D eigenvalue weighted by Crippen LogP contribution is 2.36. The summed E-state index contributed by atoms with van der Waals surface area (Å²) in [4.78, 5) is 59.9. The molecule has 2 aliphatic rings. The average molecular weight is 415 g/mol. The summed E-state index contributed by atoms with van der Waals surface area (Å²) in [6.45, 7) is 6.19. The SMILES string of the molecule is CC(=O)O[C@@H]1[C@H]2[C@@H](OC(C)=O)[C@H](OC(C)=O)[C@@H](OC(C)=O)CN2C[C@@H]1OC(C)=O. The van der Waals surface area contributed by atoms with Crippen LogP contribution in [0, 0.1) is 0 Å². The van der Waals surface area contributed by atoms with E-state index < -0.39 is 66.4 Å². The van der Waals surface area contributed by atoms with Crippen molar-refractivity contribution >= 4 is 29.8 Å². The predicted molar refractivity (Wildman–Crippen MR) is 93.1 cm³/mol. The van der Waals surface area contributed by atoms with Crippen LogP contribution in [0.4, 0.5) is 0 Å². The summed E-state index contributed by atoms with van der Waals surface area (Å²) < 4.78 is 26.7. The van der Waals surface area contributed by atoms with Crippen LogP contribution in [0.2, 0.25) is 0 Å². The molecule has 162 valence electrons. The molecule has 6 atom stereocenters. The molecule has 0 radical (unpaired) electrons. The normalized spacial score (nSPS) is 31.2. The van der Waals surface area contributed by atoms with Gasteiger partial charge in [-0.25, -0.2) is 0 Å². The Labute approximate surface area is 167 Å². The second-order valence-electron chi connectivity index (χ2n) is 6.96. The van der Waals surface area contributed by atoms with E-state index in [1.165, 1.54) is 34.6 Å². The van der Waals surface area contributed by atoms with Gasteiger partial charge >= 0.3 is 29.8 Å². The maximum absolute atomic E-state index is 11.8. The molecule has 0 aromatic heterocycles. The molecule has 2 heterocycles. The maximum atomic E-state index is 11.8. The van der Waals surface area contributed by atoms with E-state index in [4.69, 9.17) is 23.7 Å². The van der Waals surface area contributed by atoms with Crippen molar-refractivity contribution in [3.05, 3.63) is 0 Å². The lowest BCUT2D eigenvalue weighted by atomic mass is 9.91. The average Bonchev–Trinajstić information content (AvgIpc) is 2.85. The van der Waals surface area contributed by atoms with Crippen LogP contribution in [0.25, 0.3) is 0 Å². The highest BCUT2D eigenvalue weighted by molar-refractivity contribution is 5.69. The first-order valence-electron chi connectivity index (χ1n) is 9.09. The van der Waals surface area contributed by atoms with Crippen molar-refractivity contribution in [2.24, 2.45) is 0 Å². The lowest BCUT2D eigenvalue weighted by molar-refractivity contribution is -0.207. The molecule has 0 amide bonds. The van der Waals surface area contributed by atoms with Crippen molar-refractivity contribution in [2.75, 3.05) is 13.1 Å². The number of piperidine rings is 1. The first-order chi connectivity index (χ1) is 13.5. The van der Waals surface area contributed by atoms with Crippen LogP contribution < -0.4 is 0 Å². The summed E-state index contributed by atoms with van der Waals surface area (Å²) in [6.07, 6.45) is -5.01. The van der Waals surface area contributed by atoms with Crippen molar-refractivity contribution in [1.29, 1.82) is 0 Å². The minimum Gasteiger partial charge on any atom is -0.457 e. The zero-order chi connectivity index (χ0) is 21.9. The van der Waals surface area contributed by atoms with Crippen LogP contribution in [0.15, 0.2) is 0 Å². The molecule has 29 heavy (non-hydrogen) atoms. The fraction of sp³-hybridized carbons (Fsp3) is 0.722. The van der Waals surface area contributed by atoms with Crippen molar-refractivity contribution in [3.8, 4) is 0 Å². The highest BCUT2D eigenvalue weighted by atomic mass is 16.6. The third-order valence-corrected chi connectivity index (χ3v) is 4.52. The highest BCUT2D eigenvalue weighted by Gasteiger charge is 2.59. The van der Waals surface area contributed by atoms with Gasteiger partial charge in [0.15, 0.2) is 30.5 Å². The van der Waals surface area contributed by atoms with E-state index in [2.05, 4.69) is 0 Å². The molecule has 0 aromatic rings. The molecule has 0 aliphatic carbocycles. The third kappa shape index (κ3) is 5.66. The number of fused-ring (bicyclic) bond motifs is 1. The van der Waals surface area contributed by atoms with Crippen LogP contribution in [0.3, 0.4) is 0 Å². The topological polar surface area (TPSA) is 135 Å². The van der Waals surface area contributed by atoms with Gasteiger partial charge in [-0.1, -0.05) is 0 Å². The lowest BCUT2D eigenvalue weighted by Crippen LogP contribution is -2.64. The van der Waals surface area contributed by atoms with Crippen LogP contribution in [0.1, 0.15) is 34.6 Å². The molecule has 0 aromatic carbocycles. The second-order valence-corrected chi connectivity index (χ2v) is 6.96. The third-order valence-electron chi connectivity index (χ3n) is 4.52. The Kier molecular flexibility index (Phi) is 7.17. The second kappa shape index (κ2) is 9.21. The molecule has 0 bridgehead atoms. The first-order valence-corrected chi connectivity index (χ1v) is 9.09. The van der Waals surface area contributed by atoms with Gasteiger partial charge in [-0.15, -0.1) is 0 Å². The Morgan fingerprint density at radius 1 is 0.552 bits per heavy atom. The summed E-state index contributed by atoms with van der Waals surface area (Å²) in [7, 11) is 0. The Morgan fingerprint density at radius 2 is 0.897 bits per heavy atom. The van der Waals surface area contributed by atoms with E-state index in [9.17, 15) is 24.0 Å². The molecule has 0 spiro atoms. The predicted octanol–water partition coefficient (Wildman–Crippen LogP) is -0.657. The van der Waals surface area contributed by atoms with E-state index in [1.807, 2.05) is 0 Å².